The highest BCUT2D eigenvalue weighted by Gasteiger charge is 2.14. The maximum Gasteiger partial charge on any atom is 0.329 e. The molecule has 4 rings (SSSR count). The second kappa shape index (κ2) is 11.4. The molecule has 37 heavy (non-hydrogen) atoms. The first-order valence-electron chi connectivity index (χ1n) is 12.0. The summed E-state index contributed by atoms with van der Waals surface area (Å²) in [6.07, 6.45) is 1.55. The molecule has 7 nitrogen and oxygen atoms in total. The number of aromatic nitrogens is 1. The normalized spacial score (nSPS) is 10.9. The first kappa shape index (κ1) is 25.4. The molecule has 7 heteroatoms. The van der Waals surface area contributed by atoms with E-state index < -0.39 is 11.8 Å². The maximum absolute atomic E-state index is 12.3. The summed E-state index contributed by atoms with van der Waals surface area (Å²) in [7, 11) is 0. The minimum absolute atomic E-state index is 0.444. The molecule has 0 fully saturated rings. The van der Waals surface area contributed by atoms with Crippen LogP contribution in [-0.4, -0.2) is 22.6 Å². The molecule has 2 N–H and O–H groups in total. The SMILES string of the molecule is Cc1ccc(C)c(-n2c(C)cc(/C=N\NC(=O)C(=O)Nc3ccc(OCc4ccccc4)cc3)c2C)c1. The molecule has 1 aromatic heterocycles. The van der Waals surface area contributed by atoms with Crippen molar-refractivity contribution in [2.45, 2.75) is 34.3 Å². The molecule has 2 amide bonds. The Balaban J connectivity index is 1.33. The lowest BCUT2D eigenvalue weighted by Crippen LogP contribution is -2.32. The highest BCUT2D eigenvalue weighted by atomic mass is 16.5. The molecule has 3 aromatic carbocycles. The van der Waals surface area contributed by atoms with E-state index in [0.29, 0.717) is 18.0 Å². The fourth-order valence-corrected chi connectivity index (χ4v) is 4.02. The molecule has 0 radical (unpaired) electrons. The van der Waals surface area contributed by atoms with Gasteiger partial charge in [-0.3, -0.25) is 9.59 Å². The Bertz CT molecular complexity index is 1440. The van der Waals surface area contributed by atoms with E-state index in [4.69, 9.17) is 4.74 Å². The summed E-state index contributed by atoms with van der Waals surface area (Å²) in [6, 6.07) is 25.0. The van der Waals surface area contributed by atoms with Crippen molar-refractivity contribution in [3.05, 3.63) is 113 Å². The van der Waals surface area contributed by atoms with Crippen LogP contribution in [0.15, 0.2) is 84.0 Å². The molecule has 0 aliphatic heterocycles. The molecule has 0 saturated heterocycles. The van der Waals surface area contributed by atoms with Crippen molar-refractivity contribution in [2.24, 2.45) is 5.10 Å². The van der Waals surface area contributed by atoms with Gasteiger partial charge in [0.15, 0.2) is 0 Å². The third-order valence-electron chi connectivity index (χ3n) is 6.01. The van der Waals surface area contributed by atoms with Crippen LogP contribution >= 0.6 is 0 Å². The number of benzene rings is 3. The van der Waals surface area contributed by atoms with Crippen LogP contribution in [0.4, 0.5) is 5.69 Å². The van der Waals surface area contributed by atoms with Crippen LogP contribution in [0.3, 0.4) is 0 Å². The van der Waals surface area contributed by atoms with Crippen molar-refractivity contribution in [1.82, 2.24) is 9.99 Å². The molecule has 0 aliphatic rings. The first-order chi connectivity index (χ1) is 17.8. The molecule has 0 bridgehead atoms. The summed E-state index contributed by atoms with van der Waals surface area (Å²) >= 11 is 0. The topological polar surface area (TPSA) is 84.7 Å². The highest BCUT2D eigenvalue weighted by Crippen LogP contribution is 2.23. The van der Waals surface area contributed by atoms with Gasteiger partial charge in [-0.15, -0.1) is 0 Å². The molecule has 0 atom stereocenters. The van der Waals surface area contributed by atoms with Gasteiger partial charge in [0.25, 0.3) is 0 Å². The lowest BCUT2D eigenvalue weighted by Gasteiger charge is -2.13. The van der Waals surface area contributed by atoms with E-state index in [0.717, 1.165) is 33.8 Å². The van der Waals surface area contributed by atoms with Crippen LogP contribution in [0, 0.1) is 27.7 Å². The van der Waals surface area contributed by atoms with Gasteiger partial charge in [-0.1, -0.05) is 42.5 Å². The fraction of sp³-hybridized carbons (Fsp3) is 0.167. The Labute approximate surface area is 216 Å². The number of nitrogens with zero attached hydrogens (tertiary/aromatic N) is 2. The number of anilines is 1. The standard InChI is InChI=1S/C30H30N4O3/c1-20-10-11-21(2)28(16-20)34-22(3)17-25(23(34)4)18-31-33-30(36)29(35)32-26-12-14-27(15-13-26)37-19-24-8-6-5-7-9-24/h5-18H,19H2,1-4H3,(H,32,35)(H,33,36)/b31-18-. The minimum Gasteiger partial charge on any atom is -0.489 e. The zero-order valence-electron chi connectivity index (χ0n) is 21.4. The number of ether oxygens (including phenoxy) is 1. The van der Waals surface area contributed by atoms with Crippen LogP contribution < -0.4 is 15.5 Å². The predicted octanol–water partition coefficient (Wildman–Crippen LogP) is 5.38. The van der Waals surface area contributed by atoms with Crippen LogP contribution in [0.25, 0.3) is 5.69 Å². The number of amides is 2. The molecule has 0 aliphatic carbocycles. The van der Waals surface area contributed by atoms with Gasteiger partial charge in [0.2, 0.25) is 0 Å². The van der Waals surface area contributed by atoms with E-state index in [1.807, 2.05) is 50.2 Å². The maximum atomic E-state index is 12.3. The van der Waals surface area contributed by atoms with Gasteiger partial charge in [-0.25, -0.2) is 5.43 Å². The summed E-state index contributed by atoms with van der Waals surface area (Å²) in [5, 5.41) is 6.57. The second-order valence-corrected chi connectivity index (χ2v) is 8.90. The molecule has 0 spiro atoms. The van der Waals surface area contributed by atoms with E-state index in [9.17, 15) is 9.59 Å². The summed E-state index contributed by atoms with van der Waals surface area (Å²) in [4.78, 5) is 24.6. The van der Waals surface area contributed by atoms with Crippen molar-refractivity contribution in [1.29, 1.82) is 0 Å². The van der Waals surface area contributed by atoms with Crippen molar-refractivity contribution in [3.63, 3.8) is 0 Å². The molecule has 188 valence electrons. The average molecular weight is 495 g/mol. The van der Waals surface area contributed by atoms with Gasteiger partial charge in [-0.2, -0.15) is 5.10 Å². The largest absolute Gasteiger partial charge is 0.489 e. The summed E-state index contributed by atoms with van der Waals surface area (Å²) < 4.78 is 7.90. The Morgan fingerprint density at radius 2 is 1.62 bits per heavy atom. The van der Waals surface area contributed by atoms with Crippen LogP contribution in [0.5, 0.6) is 5.75 Å². The smallest absolute Gasteiger partial charge is 0.329 e. The van der Waals surface area contributed by atoms with Crippen LogP contribution in [0.1, 0.15) is 33.6 Å². The monoisotopic (exact) mass is 494 g/mol. The van der Waals surface area contributed by atoms with E-state index in [2.05, 4.69) is 52.5 Å². The quantitative estimate of drug-likeness (QED) is 0.206. The molecule has 0 unspecified atom stereocenters. The lowest BCUT2D eigenvalue weighted by molar-refractivity contribution is -0.136. The van der Waals surface area contributed by atoms with Gasteiger partial charge < -0.3 is 14.6 Å². The third-order valence-corrected chi connectivity index (χ3v) is 6.01. The Kier molecular flexibility index (Phi) is 7.83. The number of carbonyl (C=O) groups excluding carboxylic acids is 2. The van der Waals surface area contributed by atoms with Gasteiger partial charge in [0, 0.05) is 28.3 Å². The highest BCUT2D eigenvalue weighted by molar-refractivity contribution is 6.39. The lowest BCUT2D eigenvalue weighted by atomic mass is 10.1. The van der Waals surface area contributed by atoms with E-state index in [-0.39, 0.29) is 0 Å². The van der Waals surface area contributed by atoms with Crippen molar-refractivity contribution >= 4 is 23.7 Å². The average Bonchev–Trinajstić information content (AvgIpc) is 3.18. The van der Waals surface area contributed by atoms with Gasteiger partial charge in [0.1, 0.15) is 12.4 Å². The third kappa shape index (κ3) is 6.32. The van der Waals surface area contributed by atoms with Crippen LogP contribution in [-0.2, 0) is 16.2 Å². The van der Waals surface area contributed by atoms with E-state index in [1.165, 1.54) is 5.56 Å². The number of carbonyl (C=O) groups is 2. The molecule has 4 aromatic rings. The van der Waals surface area contributed by atoms with Crippen molar-refractivity contribution < 1.29 is 14.3 Å². The first-order valence-corrected chi connectivity index (χ1v) is 12.0. The van der Waals surface area contributed by atoms with E-state index in [1.54, 1.807) is 30.5 Å². The zero-order chi connectivity index (χ0) is 26.4. The molecular formula is C30H30N4O3. The van der Waals surface area contributed by atoms with Crippen molar-refractivity contribution in [3.8, 4) is 11.4 Å². The number of hydrazone groups is 1. The number of nitrogens with one attached hydrogen (secondary N) is 2. The summed E-state index contributed by atoms with van der Waals surface area (Å²) in [6.45, 7) is 8.60. The van der Waals surface area contributed by atoms with Gasteiger partial charge in [-0.05, 0) is 80.8 Å². The number of aryl methyl sites for hydroxylation is 3. The summed E-state index contributed by atoms with van der Waals surface area (Å²) in [5.74, 6) is -1.01. The molecule has 0 saturated carbocycles. The molecule has 1 heterocycles. The number of hydrogen-bond acceptors (Lipinski definition) is 4. The Morgan fingerprint density at radius 3 is 2.35 bits per heavy atom. The van der Waals surface area contributed by atoms with Gasteiger partial charge in [0.05, 0.1) is 6.21 Å². The minimum atomic E-state index is -0.857. The Morgan fingerprint density at radius 1 is 0.892 bits per heavy atom. The second-order valence-electron chi connectivity index (χ2n) is 8.90. The Hall–Kier alpha value is -4.65. The zero-order valence-corrected chi connectivity index (χ0v) is 21.4. The predicted molar refractivity (Wildman–Crippen MR) is 146 cm³/mol. The van der Waals surface area contributed by atoms with E-state index >= 15 is 0 Å². The number of rotatable bonds is 7. The molecular weight excluding hydrogens is 464 g/mol. The van der Waals surface area contributed by atoms with Gasteiger partial charge >= 0.3 is 11.8 Å². The summed E-state index contributed by atoms with van der Waals surface area (Å²) in [5.41, 5.74) is 10.2. The van der Waals surface area contributed by atoms with Crippen molar-refractivity contribution in [2.75, 3.05) is 5.32 Å². The fourth-order valence-electron chi connectivity index (χ4n) is 4.02. The number of hydrogen-bond donors (Lipinski definition) is 2. The van der Waals surface area contributed by atoms with Crippen LogP contribution in [0.2, 0.25) is 0 Å².